The van der Waals surface area contributed by atoms with E-state index in [1.165, 1.54) is 18.2 Å². The van der Waals surface area contributed by atoms with Gasteiger partial charge in [0.2, 0.25) is 4.96 Å². The third-order valence-electron chi connectivity index (χ3n) is 3.01. The summed E-state index contributed by atoms with van der Waals surface area (Å²) in [4.78, 5) is 28.1. The van der Waals surface area contributed by atoms with E-state index in [0.717, 1.165) is 21.9 Å². The average Bonchev–Trinajstić information content (AvgIpc) is 2.95. The number of fused-ring (bicyclic) bond motifs is 1. The summed E-state index contributed by atoms with van der Waals surface area (Å²) < 4.78 is 24.3. The monoisotopic (exact) mass is 383 g/mol. The lowest BCUT2D eigenvalue weighted by molar-refractivity contribution is -0.147. The van der Waals surface area contributed by atoms with Crippen molar-refractivity contribution >= 4 is 33.9 Å². The molecular weight excluding hydrogens is 373 g/mol. The number of carbonyl (C=O) groups excluding carboxylic acids is 1. The molecule has 0 N–H and O–H groups in total. The molecule has 0 radical (unpaired) electrons. The summed E-state index contributed by atoms with van der Waals surface area (Å²) in [6, 6.07) is 4.93. The van der Waals surface area contributed by atoms with Crippen LogP contribution >= 0.6 is 22.9 Å². The Labute approximate surface area is 149 Å². The van der Waals surface area contributed by atoms with Crippen molar-refractivity contribution in [1.29, 1.82) is 0 Å². The van der Waals surface area contributed by atoms with Crippen LogP contribution in [0, 0.1) is 12.7 Å². The minimum atomic E-state index is -0.656. The summed E-state index contributed by atoms with van der Waals surface area (Å²) in [5.41, 5.74) is 0.285. The molecule has 0 spiro atoms. The molecule has 10 heteroatoms. The summed E-state index contributed by atoms with van der Waals surface area (Å²) in [5.74, 6) is -0.989. The van der Waals surface area contributed by atoms with Crippen LogP contribution in [0.25, 0.3) is 4.96 Å². The molecule has 3 rings (SSSR count). The molecule has 0 atom stereocenters. The third kappa shape index (κ3) is 4.12. The minimum Gasteiger partial charge on any atom is -0.480 e. The van der Waals surface area contributed by atoms with Crippen molar-refractivity contribution in [3.05, 3.63) is 56.2 Å². The van der Waals surface area contributed by atoms with Crippen molar-refractivity contribution in [3.8, 4) is 5.75 Å². The Morgan fingerprint density at radius 1 is 1.40 bits per heavy atom. The first-order chi connectivity index (χ1) is 11.9. The molecule has 0 aliphatic carbocycles. The number of aryl methyl sites for hydroxylation is 1. The summed E-state index contributed by atoms with van der Waals surface area (Å²) in [6.07, 6.45) is 0. The highest BCUT2D eigenvalue weighted by Gasteiger charge is 2.12. The van der Waals surface area contributed by atoms with Gasteiger partial charge in [-0.05, 0) is 25.1 Å². The number of hydrogen-bond donors (Lipinski definition) is 0. The summed E-state index contributed by atoms with van der Waals surface area (Å²) in [7, 11) is 0. The Balaban J connectivity index is 1.59. The lowest BCUT2D eigenvalue weighted by Gasteiger charge is -2.07. The maximum atomic E-state index is 12.9. The molecule has 2 heterocycles. The lowest BCUT2D eigenvalue weighted by Crippen LogP contribution is -2.16. The van der Waals surface area contributed by atoms with Crippen molar-refractivity contribution < 1.29 is 18.7 Å². The van der Waals surface area contributed by atoms with E-state index >= 15 is 0 Å². The zero-order valence-corrected chi connectivity index (χ0v) is 14.4. The Morgan fingerprint density at radius 2 is 2.20 bits per heavy atom. The van der Waals surface area contributed by atoms with Gasteiger partial charge in [-0.15, -0.1) is 0 Å². The molecule has 0 aliphatic rings. The SMILES string of the molecule is Cc1cc(=O)n2nc(COC(=O)COc3ccc(F)cc3Cl)sc2n1. The molecule has 0 aliphatic heterocycles. The number of carbonyl (C=O) groups is 1. The molecule has 0 amide bonds. The maximum absolute atomic E-state index is 12.9. The van der Waals surface area contributed by atoms with E-state index in [9.17, 15) is 14.0 Å². The van der Waals surface area contributed by atoms with E-state index in [4.69, 9.17) is 21.1 Å². The van der Waals surface area contributed by atoms with Gasteiger partial charge in [0.05, 0.1) is 5.02 Å². The van der Waals surface area contributed by atoms with Gasteiger partial charge in [0, 0.05) is 11.8 Å². The van der Waals surface area contributed by atoms with Crippen LogP contribution < -0.4 is 10.3 Å². The number of nitrogens with zero attached hydrogens (tertiary/aromatic N) is 3. The van der Waals surface area contributed by atoms with E-state index in [2.05, 4.69) is 10.1 Å². The van der Waals surface area contributed by atoms with Gasteiger partial charge in [0.1, 0.15) is 18.2 Å². The van der Waals surface area contributed by atoms with Crippen molar-refractivity contribution in [2.45, 2.75) is 13.5 Å². The van der Waals surface area contributed by atoms with Crippen LogP contribution in [-0.4, -0.2) is 27.2 Å². The van der Waals surface area contributed by atoms with Gasteiger partial charge in [-0.3, -0.25) is 4.79 Å². The highest BCUT2D eigenvalue weighted by Crippen LogP contribution is 2.24. The molecule has 7 nitrogen and oxygen atoms in total. The summed E-state index contributed by atoms with van der Waals surface area (Å²) >= 11 is 6.94. The number of aromatic nitrogens is 3. The van der Waals surface area contributed by atoms with E-state index in [1.807, 2.05) is 0 Å². The number of esters is 1. The third-order valence-corrected chi connectivity index (χ3v) is 4.19. The average molecular weight is 384 g/mol. The first-order valence-corrected chi connectivity index (χ1v) is 8.22. The van der Waals surface area contributed by atoms with Crippen molar-refractivity contribution in [2.75, 3.05) is 6.61 Å². The zero-order valence-electron chi connectivity index (χ0n) is 12.9. The van der Waals surface area contributed by atoms with Crippen LogP contribution in [0.5, 0.6) is 5.75 Å². The highest BCUT2D eigenvalue weighted by atomic mass is 35.5. The van der Waals surface area contributed by atoms with Crippen molar-refractivity contribution in [1.82, 2.24) is 14.6 Å². The fourth-order valence-corrected chi connectivity index (χ4v) is 3.01. The second-order valence-electron chi connectivity index (χ2n) is 4.95. The van der Waals surface area contributed by atoms with Crippen LogP contribution in [-0.2, 0) is 16.1 Å². The van der Waals surface area contributed by atoms with E-state index in [0.29, 0.717) is 15.7 Å². The molecule has 25 heavy (non-hydrogen) atoms. The molecule has 0 unspecified atom stereocenters. The molecular formula is C15H11ClFN3O4S. The predicted molar refractivity (Wildman–Crippen MR) is 88.6 cm³/mol. The second-order valence-corrected chi connectivity index (χ2v) is 6.40. The number of benzene rings is 1. The van der Waals surface area contributed by atoms with Crippen LogP contribution in [0.15, 0.2) is 29.1 Å². The van der Waals surface area contributed by atoms with E-state index in [1.54, 1.807) is 6.92 Å². The van der Waals surface area contributed by atoms with Crippen LogP contribution in [0.1, 0.15) is 10.7 Å². The topological polar surface area (TPSA) is 82.8 Å². The van der Waals surface area contributed by atoms with Crippen molar-refractivity contribution in [3.63, 3.8) is 0 Å². The smallest absolute Gasteiger partial charge is 0.344 e. The largest absolute Gasteiger partial charge is 0.480 e. The van der Waals surface area contributed by atoms with Gasteiger partial charge < -0.3 is 9.47 Å². The molecule has 1 aromatic carbocycles. The van der Waals surface area contributed by atoms with Gasteiger partial charge in [-0.2, -0.15) is 9.61 Å². The lowest BCUT2D eigenvalue weighted by atomic mass is 10.3. The molecule has 2 aromatic heterocycles. The number of hydrogen-bond acceptors (Lipinski definition) is 7. The standard InChI is InChI=1S/C15H11ClFN3O4S/c1-8-4-13(21)20-15(18-8)25-12(19-20)6-24-14(22)7-23-11-3-2-9(17)5-10(11)16/h2-5H,6-7H2,1H3. The predicted octanol–water partition coefficient (Wildman–Crippen LogP) is 2.37. The highest BCUT2D eigenvalue weighted by molar-refractivity contribution is 7.16. The Kier molecular flexibility index (Phi) is 4.95. The van der Waals surface area contributed by atoms with Crippen LogP contribution in [0.3, 0.4) is 0 Å². The molecule has 0 saturated heterocycles. The zero-order chi connectivity index (χ0) is 18.0. The van der Waals surface area contributed by atoms with E-state index in [-0.39, 0.29) is 22.9 Å². The van der Waals surface area contributed by atoms with Gasteiger partial charge in [-0.1, -0.05) is 22.9 Å². The summed E-state index contributed by atoms with van der Waals surface area (Å²) in [5, 5.41) is 4.52. The van der Waals surface area contributed by atoms with Crippen LogP contribution in [0.4, 0.5) is 4.39 Å². The van der Waals surface area contributed by atoms with Gasteiger partial charge in [-0.25, -0.2) is 14.2 Å². The maximum Gasteiger partial charge on any atom is 0.344 e. The molecule has 0 bridgehead atoms. The number of ether oxygens (including phenoxy) is 2. The fraction of sp³-hybridized carbons (Fsp3) is 0.200. The van der Waals surface area contributed by atoms with Crippen molar-refractivity contribution in [2.24, 2.45) is 0 Å². The molecule has 0 fully saturated rings. The Morgan fingerprint density at radius 3 is 2.96 bits per heavy atom. The van der Waals surface area contributed by atoms with Crippen LogP contribution in [0.2, 0.25) is 5.02 Å². The molecule has 3 aromatic rings. The van der Waals surface area contributed by atoms with Gasteiger partial charge in [0.25, 0.3) is 5.56 Å². The second kappa shape index (κ2) is 7.16. The first kappa shape index (κ1) is 17.3. The minimum absolute atomic E-state index is 0.0554. The molecule has 130 valence electrons. The van der Waals surface area contributed by atoms with E-state index < -0.39 is 18.4 Å². The Hall–Kier alpha value is -2.52. The number of halogens is 2. The quantitative estimate of drug-likeness (QED) is 0.629. The van der Waals surface area contributed by atoms with Gasteiger partial charge >= 0.3 is 5.97 Å². The van der Waals surface area contributed by atoms with Gasteiger partial charge in [0.15, 0.2) is 11.6 Å². The normalized spacial score (nSPS) is 10.8. The first-order valence-electron chi connectivity index (χ1n) is 7.02. The number of rotatable bonds is 5. The molecule has 0 saturated carbocycles. The fourth-order valence-electron chi connectivity index (χ4n) is 1.93. The summed E-state index contributed by atoms with van der Waals surface area (Å²) in [6.45, 7) is 1.19. The Bertz CT molecular complexity index is 1000.